The summed E-state index contributed by atoms with van der Waals surface area (Å²) in [5, 5.41) is 16.6. The third kappa shape index (κ3) is 7.77. The highest BCUT2D eigenvalue weighted by molar-refractivity contribution is 7.89. The Labute approximate surface area is 217 Å². The molecule has 3 aromatic carbocycles. The molecule has 0 bridgehead atoms. The molecule has 0 atom stereocenters. The van der Waals surface area contributed by atoms with Gasteiger partial charge in [0.1, 0.15) is 6.54 Å². The maximum atomic E-state index is 13.5. The number of carbonyl (C=O) groups is 1. The van der Waals surface area contributed by atoms with Gasteiger partial charge in [-0.05, 0) is 60.0 Å². The molecule has 0 spiro atoms. The van der Waals surface area contributed by atoms with Crippen LogP contribution in [0.2, 0.25) is 0 Å². The van der Waals surface area contributed by atoms with E-state index in [0.717, 1.165) is 22.5 Å². The third-order valence-corrected chi connectivity index (χ3v) is 8.20. The van der Waals surface area contributed by atoms with Gasteiger partial charge in [0.05, 0.1) is 15.4 Å². The fraction of sp³-hybridized carbons (Fsp3) is 0.208. The van der Waals surface area contributed by atoms with Crippen molar-refractivity contribution in [3.05, 3.63) is 89.5 Å². The van der Waals surface area contributed by atoms with Crippen LogP contribution < -0.4 is 10.5 Å². The van der Waals surface area contributed by atoms with Gasteiger partial charge in [-0.15, -0.1) is 0 Å². The van der Waals surface area contributed by atoms with Gasteiger partial charge in [0, 0.05) is 18.8 Å². The molecule has 38 heavy (non-hydrogen) atoms. The van der Waals surface area contributed by atoms with E-state index in [2.05, 4.69) is 5.32 Å². The zero-order valence-electron chi connectivity index (χ0n) is 19.7. The Bertz CT molecular complexity index is 1510. The fourth-order valence-electron chi connectivity index (χ4n) is 3.53. The van der Waals surface area contributed by atoms with Crippen LogP contribution in [0.25, 0.3) is 0 Å². The molecule has 0 aliphatic carbocycles. The summed E-state index contributed by atoms with van der Waals surface area (Å²) in [7, 11) is -8.34. The zero-order chi connectivity index (χ0) is 28.1. The highest BCUT2D eigenvalue weighted by Gasteiger charge is 2.33. The fourth-order valence-corrected chi connectivity index (χ4v) is 5.52. The summed E-state index contributed by atoms with van der Waals surface area (Å²) in [5.74, 6) is -1.10. The number of carboxylic acid groups (broad SMARTS) is 1. The molecule has 204 valence electrons. The second kappa shape index (κ2) is 11.5. The van der Waals surface area contributed by atoms with Crippen LogP contribution >= 0.6 is 0 Å². The summed E-state index contributed by atoms with van der Waals surface area (Å²) in [4.78, 5) is 10.2. The first-order valence-electron chi connectivity index (χ1n) is 11.0. The van der Waals surface area contributed by atoms with Crippen molar-refractivity contribution in [3.8, 4) is 0 Å². The molecule has 0 aliphatic rings. The number of alkyl halides is 3. The molecule has 0 saturated carbocycles. The molecule has 0 amide bonds. The van der Waals surface area contributed by atoms with Crippen LogP contribution in [0.5, 0.6) is 0 Å². The lowest BCUT2D eigenvalue weighted by Gasteiger charge is -2.23. The van der Waals surface area contributed by atoms with Gasteiger partial charge in [-0.1, -0.05) is 30.3 Å². The summed E-state index contributed by atoms with van der Waals surface area (Å²) in [5.41, 5.74) is 0.330. The molecule has 9 nitrogen and oxygen atoms in total. The van der Waals surface area contributed by atoms with Gasteiger partial charge in [-0.2, -0.15) is 17.5 Å². The van der Waals surface area contributed by atoms with Gasteiger partial charge in [0.15, 0.2) is 0 Å². The molecule has 0 saturated heterocycles. The van der Waals surface area contributed by atoms with Crippen LogP contribution in [0.3, 0.4) is 0 Å². The Morgan fingerprint density at radius 2 is 1.55 bits per heavy atom. The summed E-state index contributed by atoms with van der Waals surface area (Å²) < 4.78 is 90.7. The molecule has 0 aromatic heterocycles. The second-order valence-corrected chi connectivity index (χ2v) is 11.8. The largest absolute Gasteiger partial charge is 0.480 e. The van der Waals surface area contributed by atoms with E-state index >= 15 is 0 Å². The number of nitrogens with two attached hydrogens (primary N) is 1. The third-order valence-electron chi connectivity index (χ3n) is 5.43. The second-order valence-electron chi connectivity index (χ2n) is 8.25. The molecule has 0 fully saturated rings. The van der Waals surface area contributed by atoms with E-state index in [-0.39, 0.29) is 31.0 Å². The lowest BCUT2D eigenvalue weighted by Crippen LogP contribution is -2.33. The molecule has 0 unspecified atom stereocenters. The maximum absolute atomic E-state index is 13.5. The number of rotatable bonds is 11. The quantitative estimate of drug-likeness (QED) is 0.320. The van der Waals surface area contributed by atoms with E-state index in [9.17, 15) is 34.8 Å². The summed E-state index contributed by atoms with van der Waals surface area (Å²) in [6, 6.07) is 15.2. The number of aliphatic carboxylic acids is 1. The van der Waals surface area contributed by atoms with Crippen molar-refractivity contribution in [2.45, 2.75) is 28.9 Å². The Hall–Kier alpha value is -3.46. The Morgan fingerprint density at radius 3 is 2.16 bits per heavy atom. The number of nitrogens with zero attached hydrogens (tertiary/aromatic N) is 1. The first-order valence-corrected chi connectivity index (χ1v) is 14.0. The summed E-state index contributed by atoms with van der Waals surface area (Å²) in [6.07, 6.45) is -4.63. The Balaban J connectivity index is 1.93. The number of sulfonamides is 2. The molecule has 14 heteroatoms. The summed E-state index contributed by atoms with van der Waals surface area (Å²) >= 11 is 0. The number of anilines is 1. The van der Waals surface area contributed by atoms with Gasteiger partial charge in [0.25, 0.3) is 0 Å². The SMILES string of the molecule is NS(=O)(=O)c1ccc(CCN(Cc2cccc(NCC(=O)O)c2)S(=O)(=O)c2cccc(C(F)(F)F)c2)cc1. The standard InChI is InChI=1S/C24H24F3N3O6S2/c25-24(26,27)19-4-2-6-22(14-19)38(35,36)30(12-11-17-7-9-21(10-8-17)37(28,33)34)16-18-3-1-5-20(13-18)29-15-23(31)32/h1-10,13-14,29H,11-12,15-16H2,(H,31,32)(H2,28,33,34). The molecule has 0 aliphatic heterocycles. The highest BCUT2D eigenvalue weighted by atomic mass is 32.2. The van der Waals surface area contributed by atoms with E-state index in [1.807, 2.05) is 0 Å². The zero-order valence-corrected chi connectivity index (χ0v) is 21.4. The van der Waals surface area contributed by atoms with Crippen molar-refractivity contribution in [1.29, 1.82) is 0 Å². The molecule has 3 rings (SSSR count). The topological polar surface area (TPSA) is 147 Å². The van der Waals surface area contributed by atoms with Crippen LogP contribution in [0.1, 0.15) is 16.7 Å². The van der Waals surface area contributed by atoms with E-state index < -0.39 is 42.7 Å². The number of nitrogens with one attached hydrogen (secondary N) is 1. The van der Waals surface area contributed by atoms with E-state index in [4.69, 9.17) is 10.2 Å². The molecule has 0 radical (unpaired) electrons. The number of carboxylic acids is 1. The van der Waals surface area contributed by atoms with Crippen molar-refractivity contribution in [2.24, 2.45) is 5.14 Å². The minimum absolute atomic E-state index is 0.111. The van der Waals surface area contributed by atoms with Crippen molar-refractivity contribution in [3.63, 3.8) is 0 Å². The average Bonchev–Trinajstić information content (AvgIpc) is 2.84. The molecular formula is C24H24F3N3O6S2. The van der Waals surface area contributed by atoms with Crippen LogP contribution in [-0.4, -0.2) is 45.3 Å². The lowest BCUT2D eigenvalue weighted by atomic mass is 10.1. The highest BCUT2D eigenvalue weighted by Crippen LogP contribution is 2.31. The predicted octanol–water partition coefficient (Wildman–Crippen LogP) is 3.28. The smallest absolute Gasteiger partial charge is 0.416 e. The van der Waals surface area contributed by atoms with Crippen LogP contribution in [0.4, 0.5) is 18.9 Å². The van der Waals surface area contributed by atoms with Crippen LogP contribution in [0, 0.1) is 0 Å². The van der Waals surface area contributed by atoms with Gasteiger partial charge in [-0.25, -0.2) is 22.0 Å². The Kier molecular flexibility index (Phi) is 8.82. The molecule has 3 aromatic rings. The number of benzene rings is 3. The van der Waals surface area contributed by atoms with Crippen molar-refractivity contribution in [2.75, 3.05) is 18.4 Å². The van der Waals surface area contributed by atoms with Crippen LogP contribution in [0.15, 0.2) is 82.6 Å². The van der Waals surface area contributed by atoms with Gasteiger partial charge in [-0.3, -0.25) is 4.79 Å². The van der Waals surface area contributed by atoms with Gasteiger partial charge < -0.3 is 10.4 Å². The average molecular weight is 572 g/mol. The van der Waals surface area contributed by atoms with Crippen molar-refractivity contribution in [1.82, 2.24) is 4.31 Å². The molecule has 4 N–H and O–H groups in total. The minimum atomic E-state index is -4.74. The molecule has 0 heterocycles. The van der Waals surface area contributed by atoms with Gasteiger partial charge in [0.2, 0.25) is 20.0 Å². The Morgan fingerprint density at radius 1 is 0.895 bits per heavy atom. The number of primary sulfonamides is 1. The minimum Gasteiger partial charge on any atom is -0.480 e. The summed E-state index contributed by atoms with van der Waals surface area (Å²) in [6.45, 7) is -0.749. The normalized spacial score (nSPS) is 12.4. The van der Waals surface area contributed by atoms with E-state index in [0.29, 0.717) is 22.9 Å². The first-order chi connectivity index (χ1) is 17.7. The van der Waals surface area contributed by atoms with Crippen LogP contribution in [-0.2, 0) is 44.0 Å². The van der Waals surface area contributed by atoms with Gasteiger partial charge >= 0.3 is 12.1 Å². The first kappa shape index (κ1) is 29.1. The predicted molar refractivity (Wildman–Crippen MR) is 133 cm³/mol. The molecular weight excluding hydrogens is 547 g/mol. The monoisotopic (exact) mass is 571 g/mol. The number of halogens is 3. The lowest BCUT2D eigenvalue weighted by molar-refractivity contribution is -0.138. The van der Waals surface area contributed by atoms with Crippen molar-refractivity contribution < 1.29 is 39.9 Å². The van der Waals surface area contributed by atoms with E-state index in [1.165, 1.54) is 24.3 Å². The van der Waals surface area contributed by atoms with E-state index in [1.54, 1.807) is 24.3 Å². The number of hydrogen-bond donors (Lipinski definition) is 3. The maximum Gasteiger partial charge on any atom is 0.416 e. The van der Waals surface area contributed by atoms with Crippen molar-refractivity contribution >= 4 is 31.7 Å². The number of hydrogen-bond acceptors (Lipinski definition) is 6.